The van der Waals surface area contributed by atoms with Crippen molar-refractivity contribution < 1.29 is 0 Å². The van der Waals surface area contributed by atoms with Gasteiger partial charge in [-0.1, -0.05) is 77.9 Å². The first-order valence-electron chi connectivity index (χ1n) is 10.7. The van der Waals surface area contributed by atoms with Crippen molar-refractivity contribution in [1.29, 1.82) is 0 Å². The monoisotopic (exact) mass is 522 g/mol. The maximum absolute atomic E-state index is 3.76. The van der Waals surface area contributed by atoms with Crippen molar-refractivity contribution in [2.24, 2.45) is 0 Å². The number of benzene rings is 3. The molecule has 6 rings (SSSR count). The Morgan fingerprint density at radius 2 is 0.833 bits per heavy atom. The summed E-state index contributed by atoms with van der Waals surface area (Å²) in [4.78, 5) is 0. The fourth-order valence-corrected chi connectivity index (χ4v) is 5.91. The predicted octanol–water partition coefficient (Wildman–Crippen LogP) is 8.79. The Balaban J connectivity index is 1.81. The highest BCUT2D eigenvalue weighted by Gasteiger charge is 2.42. The van der Waals surface area contributed by atoms with Crippen molar-refractivity contribution in [2.45, 2.75) is 64.2 Å². The maximum atomic E-state index is 3.76. The fraction of sp³-hybridized carbons (Fsp3) is 0.357. The molecule has 0 N–H and O–H groups in total. The lowest BCUT2D eigenvalue weighted by molar-refractivity contribution is 0.583. The molecule has 3 aliphatic rings. The van der Waals surface area contributed by atoms with Crippen LogP contribution in [0, 0.1) is 0 Å². The van der Waals surface area contributed by atoms with Crippen molar-refractivity contribution in [3.8, 4) is 0 Å². The molecule has 0 aromatic heterocycles. The Labute approximate surface area is 197 Å². The van der Waals surface area contributed by atoms with Crippen LogP contribution in [0.5, 0.6) is 0 Å². The highest BCUT2D eigenvalue weighted by molar-refractivity contribution is 9.13. The van der Waals surface area contributed by atoms with Gasteiger partial charge in [0.2, 0.25) is 0 Å². The normalized spacial score (nSPS) is 19.3. The van der Waals surface area contributed by atoms with E-state index in [-0.39, 0.29) is 10.8 Å². The van der Waals surface area contributed by atoms with Gasteiger partial charge in [0.1, 0.15) is 0 Å². The predicted molar refractivity (Wildman–Crippen MR) is 134 cm³/mol. The largest absolute Gasteiger partial charge is 0.0582 e. The number of rotatable bonds is 0. The average Bonchev–Trinajstić information content (AvgIpc) is 2.66. The quantitative estimate of drug-likeness (QED) is 0.190. The summed E-state index contributed by atoms with van der Waals surface area (Å²) in [7, 11) is 0. The van der Waals surface area contributed by atoms with Crippen LogP contribution in [0.1, 0.15) is 97.9 Å². The first-order chi connectivity index (χ1) is 14.0. The average molecular weight is 524 g/mol. The van der Waals surface area contributed by atoms with E-state index in [1.165, 1.54) is 44.5 Å². The summed E-state index contributed by atoms with van der Waals surface area (Å²) in [5.74, 6) is 0.603. The summed E-state index contributed by atoms with van der Waals surface area (Å²) in [6.45, 7) is 13.8. The summed E-state index contributed by atoms with van der Waals surface area (Å²) in [5.41, 5.74) is 12.0. The molecule has 0 nitrogen and oxygen atoms in total. The summed E-state index contributed by atoms with van der Waals surface area (Å²) in [6, 6.07) is 19.1. The van der Waals surface area contributed by atoms with E-state index >= 15 is 0 Å². The Kier molecular flexibility index (Phi) is 4.49. The van der Waals surface area contributed by atoms with Crippen LogP contribution >= 0.6 is 31.9 Å². The van der Waals surface area contributed by atoms with E-state index in [9.17, 15) is 0 Å². The standard InChI is InChI=1S/C28H28Br2/c1-27(2,3)15-7-9-17-19(11-15)25-18-10-8-16(28(4,5)6)12-20(18)26(17)22-14-24(30)23(29)13-21(22)25/h7-14,25-26H,1-6H3. The van der Waals surface area contributed by atoms with Crippen LogP contribution in [-0.4, -0.2) is 0 Å². The van der Waals surface area contributed by atoms with Gasteiger partial charge in [-0.2, -0.15) is 0 Å². The van der Waals surface area contributed by atoms with Gasteiger partial charge in [0.25, 0.3) is 0 Å². The first kappa shape index (κ1) is 20.5. The van der Waals surface area contributed by atoms with Crippen LogP contribution in [0.3, 0.4) is 0 Å². The van der Waals surface area contributed by atoms with Gasteiger partial charge in [0.05, 0.1) is 0 Å². The van der Waals surface area contributed by atoms with E-state index in [0.29, 0.717) is 11.8 Å². The van der Waals surface area contributed by atoms with Gasteiger partial charge in [0.15, 0.2) is 0 Å². The third kappa shape index (κ3) is 2.98. The van der Waals surface area contributed by atoms with Gasteiger partial charge >= 0.3 is 0 Å². The Bertz CT molecular complexity index is 1090. The summed E-state index contributed by atoms with van der Waals surface area (Å²) < 4.78 is 2.27. The van der Waals surface area contributed by atoms with Crippen LogP contribution < -0.4 is 0 Å². The van der Waals surface area contributed by atoms with E-state index in [2.05, 4.69) is 122 Å². The van der Waals surface area contributed by atoms with Gasteiger partial charge in [-0.15, -0.1) is 0 Å². The van der Waals surface area contributed by atoms with Crippen molar-refractivity contribution in [2.75, 3.05) is 0 Å². The van der Waals surface area contributed by atoms with Crippen molar-refractivity contribution in [3.63, 3.8) is 0 Å². The molecule has 30 heavy (non-hydrogen) atoms. The van der Waals surface area contributed by atoms with Gasteiger partial charge in [-0.05, 0) is 99.3 Å². The first-order valence-corrected chi connectivity index (χ1v) is 12.3. The van der Waals surface area contributed by atoms with Crippen LogP contribution in [0.15, 0.2) is 57.5 Å². The molecular formula is C28H28Br2. The summed E-state index contributed by atoms with van der Waals surface area (Å²) >= 11 is 7.53. The lowest BCUT2D eigenvalue weighted by Crippen LogP contribution is -2.29. The molecule has 0 saturated carbocycles. The van der Waals surface area contributed by atoms with E-state index in [1.54, 1.807) is 0 Å². The molecule has 154 valence electrons. The minimum Gasteiger partial charge on any atom is -0.0582 e. The molecular weight excluding hydrogens is 496 g/mol. The highest BCUT2D eigenvalue weighted by atomic mass is 79.9. The number of hydrogen-bond acceptors (Lipinski definition) is 0. The molecule has 0 amide bonds. The van der Waals surface area contributed by atoms with E-state index < -0.39 is 0 Å². The minimum absolute atomic E-state index is 0.147. The van der Waals surface area contributed by atoms with Gasteiger partial charge in [-0.25, -0.2) is 0 Å². The molecule has 0 aliphatic heterocycles. The smallest absolute Gasteiger partial charge is 0.0349 e. The molecule has 3 aromatic rings. The van der Waals surface area contributed by atoms with Crippen molar-refractivity contribution in [3.05, 3.63) is 102 Å². The molecule has 2 atom stereocenters. The number of halogens is 2. The highest BCUT2D eigenvalue weighted by Crippen LogP contribution is 2.57. The topological polar surface area (TPSA) is 0 Å². The number of hydrogen-bond donors (Lipinski definition) is 0. The molecule has 2 heteroatoms. The van der Waals surface area contributed by atoms with Crippen LogP contribution in [-0.2, 0) is 10.8 Å². The van der Waals surface area contributed by atoms with Crippen molar-refractivity contribution in [1.82, 2.24) is 0 Å². The van der Waals surface area contributed by atoms with Crippen LogP contribution in [0.25, 0.3) is 0 Å². The molecule has 2 unspecified atom stereocenters. The maximum Gasteiger partial charge on any atom is 0.0349 e. The molecule has 0 spiro atoms. The lowest BCUT2D eigenvalue weighted by Gasteiger charge is -2.43. The second-order valence-electron chi connectivity index (χ2n) is 10.9. The second kappa shape index (κ2) is 6.56. The molecule has 0 fully saturated rings. The van der Waals surface area contributed by atoms with Gasteiger partial charge in [0, 0.05) is 20.8 Å². The van der Waals surface area contributed by atoms with Crippen LogP contribution in [0.4, 0.5) is 0 Å². The SMILES string of the molecule is CC(C)(C)c1ccc2c(c1)C1c3ccc(C(C)(C)C)cc3C2c2cc(Br)c(Br)cc21. The zero-order valence-corrected chi connectivity index (χ0v) is 21.7. The minimum atomic E-state index is 0.147. The van der Waals surface area contributed by atoms with E-state index in [4.69, 9.17) is 0 Å². The molecule has 3 aromatic carbocycles. The fourth-order valence-electron chi connectivity index (χ4n) is 5.19. The Morgan fingerprint density at radius 3 is 1.17 bits per heavy atom. The summed E-state index contributed by atoms with van der Waals surface area (Å²) in [6.07, 6.45) is 0. The second-order valence-corrected chi connectivity index (χ2v) is 12.7. The Hall–Kier alpha value is -1.38. The zero-order chi connectivity index (χ0) is 21.6. The lowest BCUT2D eigenvalue weighted by atomic mass is 9.60. The molecule has 0 heterocycles. The summed E-state index contributed by atoms with van der Waals surface area (Å²) in [5, 5.41) is 0. The zero-order valence-electron chi connectivity index (χ0n) is 18.5. The molecule has 0 saturated heterocycles. The molecule has 3 aliphatic carbocycles. The van der Waals surface area contributed by atoms with Crippen LogP contribution in [0.2, 0.25) is 0 Å². The van der Waals surface area contributed by atoms with Gasteiger partial charge in [-0.3, -0.25) is 0 Å². The van der Waals surface area contributed by atoms with Crippen molar-refractivity contribution >= 4 is 31.9 Å². The molecule has 0 radical (unpaired) electrons. The van der Waals surface area contributed by atoms with Gasteiger partial charge < -0.3 is 0 Å². The third-order valence-electron chi connectivity index (χ3n) is 6.90. The Morgan fingerprint density at radius 1 is 0.500 bits per heavy atom. The third-order valence-corrected chi connectivity index (χ3v) is 8.74. The molecule has 2 bridgehead atoms. The van der Waals surface area contributed by atoms with E-state index in [1.807, 2.05) is 0 Å². The van der Waals surface area contributed by atoms with E-state index in [0.717, 1.165) is 8.95 Å².